The van der Waals surface area contributed by atoms with Gasteiger partial charge in [0, 0.05) is 19.6 Å². The Morgan fingerprint density at radius 1 is 1.47 bits per heavy atom. The molecule has 0 aromatic rings. The Balaban J connectivity index is 1.79. The summed E-state index contributed by atoms with van der Waals surface area (Å²) in [5.74, 6) is 0.0222. The lowest BCUT2D eigenvalue weighted by molar-refractivity contribution is -0.134. The van der Waals surface area contributed by atoms with Crippen molar-refractivity contribution in [1.29, 1.82) is 0 Å². The van der Waals surface area contributed by atoms with Crippen LogP contribution < -0.4 is 10.6 Å². The van der Waals surface area contributed by atoms with Gasteiger partial charge in [0.25, 0.3) is 5.91 Å². The summed E-state index contributed by atoms with van der Waals surface area (Å²) in [6.45, 7) is 1.96. The first-order chi connectivity index (χ1) is 8.09. The molecule has 17 heavy (non-hydrogen) atoms. The van der Waals surface area contributed by atoms with Crippen LogP contribution in [0.3, 0.4) is 0 Å². The molecule has 7 heteroatoms. The van der Waals surface area contributed by atoms with E-state index in [-0.39, 0.29) is 18.2 Å². The molecule has 0 aromatic heterocycles. The Kier molecular flexibility index (Phi) is 4.01. The van der Waals surface area contributed by atoms with Gasteiger partial charge in [0.2, 0.25) is 0 Å². The fraction of sp³-hybridized carbons (Fsp3) is 0.900. The van der Waals surface area contributed by atoms with Crippen LogP contribution in [0.4, 0.5) is 0 Å². The second-order valence-electron chi connectivity index (χ2n) is 4.44. The van der Waals surface area contributed by atoms with Crippen LogP contribution >= 0.6 is 0 Å². The number of carbonyl (C=O) groups excluding carboxylic acids is 1. The topological polar surface area (TPSA) is 84.5 Å². The smallest absolute Gasteiger partial charge is 0.250 e. The average molecular weight is 262 g/mol. The summed E-state index contributed by atoms with van der Waals surface area (Å²) in [6, 6.07) is 0. The maximum atomic E-state index is 11.7. The summed E-state index contributed by atoms with van der Waals surface area (Å²) in [7, 11) is -2.98. The minimum atomic E-state index is -2.98. The Hall–Kier alpha value is -0.660. The molecule has 0 aromatic carbocycles. The highest BCUT2D eigenvalue weighted by molar-refractivity contribution is 7.92. The van der Waals surface area contributed by atoms with E-state index in [1.54, 1.807) is 0 Å². The van der Waals surface area contributed by atoms with Crippen molar-refractivity contribution in [3.05, 3.63) is 0 Å². The zero-order valence-electron chi connectivity index (χ0n) is 9.65. The Bertz CT molecular complexity index is 376. The summed E-state index contributed by atoms with van der Waals surface area (Å²) in [5.41, 5.74) is 0. The van der Waals surface area contributed by atoms with Gasteiger partial charge in [-0.2, -0.15) is 0 Å². The number of amides is 1. The van der Waals surface area contributed by atoms with Crippen LogP contribution in [0, 0.1) is 0 Å². The zero-order valence-corrected chi connectivity index (χ0v) is 10.5. The molecule has 2 heterocycles. The van der Waals surface area contributed by atoms with Crippen LogP contribution in [0.2, 0.25) is 0 Å². The summed E-state index contributed by atoms with van der Waals surface area (Å²) >= 11 is 0. The van der Waals surface area contributed by atoms with E-state index in [9.17, 15) is 13.2 Å². The van der Waals surface area contributed by atoms with Crippen molar-refractivity contribution in [3.63, 3.8) is 0 Å². The minimum absolute atomic E-state index is 0.209. The van der Waals surface area contributed by atoms with Crippen LogP contribution in [-0.4, -0.2) is 57.7 Å². The number of morpholine rings is 1. The van der Waals surface area contributed by atoms with Gasteiger partial charge in [0.15, 0.2) is 9.84 Å². The Morgan fingerprint density at radius 2 is 2.29 bits per heavy atom. The lowest BCUT2D eigenvalue weighted by Gasteiger charge is -2.23. The Morgan fingerprint density at radius 3 is 2.88 bits per heavy atom. The molecule has 2 rings (SSSR count). The van der Waals surface area contributed by atoms with E-state index in [2.05, 4.69) is 10.6 Å². The summed E-state index contributed by atoms with van der Waals surface area (Å²) < 4.78 is 28.4. The first-order valence-electron chi connectivity index (χ1n) is 5.91. The number of hydrogen-bond donors (Lipinski definition) is 2. The van der Waals surface area contributed by atoms with Gasteiger partial charge in [-0.05, 0) is 12.8 Å². The summed E-state index contributed by atoms with van der Waals surface area (Å²) in [4.78, 5) is 11.7. The lowest BCUT2D eigenvalue weighted by Crippen LogP contribution is -2.49. The summed E-state index contributed by atoms with van der Waals surface area (Å²) in [6.07, 6.45) is 0.851. The largest absolute Gasteiger partial charge is 0.366 e. The Labute approximate surface area is 101 Å². The maximum Gasteiger partial charge on any atom is 0.250 e. The van der Waals surface area contributed by atoms with Crippen molar-refractivity contribution >= 4 is 15.7 Å². The van der Waals surface area contributed by atoms with Gasteiger partial charge in [-0.1, -0.05) is 0 Å². The van der Waals surface area contributed by atoms with Crippen molar-refractivity contribution in [2.24, 2.45) is 0 Å². The first kappa shape index (κ1) is 12.8. The highest BCUT2D eigenvalue weighted by atomic mass is 32.2. The van der Waals surface area contributed by atoms with Crippen LogP contribution in [0.5, 0.6) is 0 Å². The molecule has 98 valence electrons. The SMILES string of the molecule is O=C(NCC1CCCS1(=O)=O)C1CNCCO1. The standard InChI is InChI=1S/C10H18N2O4S/c13-10(9-7-11-3-4-16-9)12-6-8-2-1-5-17(8,14)15/h8-9,11H,1-7H2,(H,12,13). The molecular weight excluding hydrogens is 244 g/mol. The normalized spacial score (nSPS) is 32.2. The lowest BCUT2D eigenvalue weighted by atomic mass is 10.2. The molecule has 2 N–H and O–H groups in total. The summed E-state index contributed by atoms with van der Waals surface area (Å²) in [5, 5.41) is 5.31. The molecule has 2 saturated heterocycles. The van der Waals surface area contributed by atoms with Crippen molar-refractivity contribution < 1.29 is 17.9 Å². The van der Waals surface area contributed by atoms with Crippen molar-refractivity contribution in [3.8, 4) is 0 Å². The molecule has 2 fully saturated rings. The van der Waals surface area contributed by atoms with Gasteiger partial charge < -0.3 is 15.4 Å². The molecule has 6 nitrogen and oxygen atoms in total. The molecule has 2 atom stereocenters. The van der Waals surface area contributed by atoms with Crippen LogP contribution in [0.25, 0.3) is 0 Å². The number of hydrogen-bond acceptors (Lipinski definition) is 5. The number of nitrogens with one attached hydrogen (secondary N) is 2. The van der Waals surface area contributed by atoms with Crippen LogP contribution in [0.15, 0.2) is 0 Å². The average Bonchev–Trinajstić information content (AvgIpc) is 2.66. The van der Waals surface area contributed by atoms with Crippen molar-refractivity contribution in [1.82, 2.24) is 10.6 Å². The van der Waals surface area contributed by atoms with E-state index in [0.717, 1.165) is 6.54 Å². The van der Waals surface area contributed by atoms with E-state index in [4.69, 9.17) is 4.74 Å². The number of sulfone groups is 1. The van der Waals surface area contributed by atoms with E-state index < -0.39 is 21.2 Å². The first-order valence-corrected chi connectivity index (χ1v) is 7.63. The van der Waals surface area contributed by atoms with Gasteiger partial charge >= 0.3 is 0 Å². The molecule has 2 unspecified atom stereocenters. The van der Waals surface area contributed by atoms with Gasteiger partial charge in [0.1, 0.15) is 6.10 Å². The van der Waals surface area contributed by atoms with E-state index in [1.165, 1.54) is 0 Å². The third-order valence-electron chi connectivity index (χ3n) is 3.19. The fourth-order valence-corrected chi connectivity index (χ4v) is 3.91. The molecule has 0 saturated carbocycles. The predicted molar refractivity (Wildman–Crippen MR) is 62.4 cm³/mol. The molecule has 0 bridgehead atoms. The third kappa shape index (κ3) is 3.17. The highest BCUT2D eigenvalue weighted by Crippen LogP contribution is 2.19. The third-order valence-corrected chi connectivity index (χ3v) is 5.46. The number of rotatable bonds is 3. The second-order valence-corrected chi connectivity index (χ2v) is 6.84. The van der Waals surface area contributed by atoms with E-state index >= 15 is 0 Å². The minimum Gasteiger partial charge on any atom is -0.366 e. The zero-order chi connectivity index (χ0) is 12.3. The molecule has 0 radical (unpaired) electrons. The molecule has 0 spiro atoms. The number of ether oxygens (including phenoxy) is 1. The van der Waals surface area contributed by atoms with Gasteiger partial charge in [-0.25, -0.2) is 8.42 Å². The van der Waals surface area contributed by atoms with Crippen molar-refractivity contribution in [2.75, 3.05) is 32.0 Å². The molecule has 1 amide bonds. The molecule has 0 aliphatic carbocycles. The van der Waals surface area contributed by atoms with Gasteiger partial charge in [-0.3, -0.25) is 4.79 Å². The van der Waals surface area contributed by atoms with Gasteiger partial charge in [0.05, 0.1) is 17.6 Å². The molecule has 2 aliphatic rings. The maximum absolute atomic E-state index is 11.7. The second kappa shape index (κ2) is 5.32. The monoisotopic (exact) mass is 262 g/mol. The van der Waals surface area contributed by atoms with E-state index in [0.29, 0.717) is 26.0 Å². The van der Waals surface area contributed by atoms with Crippen molar-refractivity contribution in [2.45, 2.75) is 24.2 Å². The quantitative estimate of drug-likeness (QED) is 0.658. The highest BCUT2D eigenvalue weighted by Gasteiger charge is 2.32. The molecule has 2 aliphatic heterocycles. The van der Waals surface area contributed by atoms with Crippen LogP contribution in [-0.2, 0) is 19.4 Å². The molecular formula is C10H18N2O4S. The van der Waals surface area contributed by atoms with Gasteiger partial charge in [-0.15, -0.1) is 0 Å². The van der Waals surface area contributed by atoms with E-state index in [1.807, 2.05) is 0 Å². The predicted octanol–water partition coefficient (Wildman–Crippen LogP) is -1.33. The fourth-order valence-electron chi connectivity index (χ4n) is 2.15. The number of carbonyl (C=O) groups is 1. The van der Waals surface area contributed by atoms with Crippen LogP contribution in [0.1, 0.15) is 12.8 Å².